The van der Waals surface area contributed by atoms with Crippen LogP contribution in [0.1, 0.15) is 23.6 Å². The molecule has 1 aliphatic rings. The minimum atomic E-state index is -0.329. The third-order valence-electron chi connectivity index (χ3n) is 14.5. The summed E-state index contributed by atoms with van der Waals surface area (Å²) in [5.41, 5.74) is 16.9. The average molecular weight is 852 g/mol. The number of nitrogens with zero attached hydrogens (tertiary/aromatic N) is 1. The van der Waals surface area contributed by atoms with Crippen LogP contribution in [0.15, 0.2) is 255 Å². The van der Waals surface area contributed by atoms with E-state index in [1.54, 1.807) is 0 Å². The van der Waals surface area contributed by atoms with Gasteiger partial charge in [0, 0.05) is 22.1 Å². The van der Waals surface area contributed by atoms with E-state index < -0.39 is 0 Å². The van der Waals surface area contributed by atoms with E-state index in [2.05, 4.69) is 267 Å². The second-order valence-electron chi connectivity index (χ2n) is 18.1. The number of benzene rings is 12. The predicted molar refractivity (Wildman–Crippen MR) is 285 cm³/mol. The zero-order valence-electron chi connectivity index (χ0n) is 37.2. The molecule has 1 aliphatic carbocycles. The summed E-state index contributed by atoms with van der Waals surface area (Å²) in [5, 5.41) is 9.95. The summed E-state index contributed by atoms with van der Waals surface area (Å²) in [6.07, 6.45) is 0. The van der Waals surface area contributed by atoms with Crippen molar-refractivity contribution in [2.45, 2.75) is 12.3 Å². The third kappa shape index (κ3) is 6.09. The van der Waals surface area contributed by atoms with E-state index in [1.165, 1.54) is 104 Å². The first-order valence-electron chi connectivity index (χ1n) is 23.3. The van der Waals surface area contributed by atoms with Gasteiger partial charge in [-0.15, -0.1) is 0 Å². The second kappa shape index (κ2) is 15.6. The van der Waals surface area contributed by atoms with Crippen molar-refractivity contribution in [3.63, 3.8) is 0 Å². The summed E-state index contributed by atoms with van der Waals surface area (Å²) in [6, 6.07) is 94.2. The Labute approximate surface area is 391 Å². The largest absolute Gasteiger partial charge is 0.309 e. The van der Waals surface area contributed by atoms with Gasteiger partial charge in [0.25, 0.3) is 0 Å². The molecule has 0 bridgehead atoms. The van der Waals surface area contributed by atoms with Crippen LogP contribution >= 0.6 is 0 Å². The van der Waals surface area contributed by atoms with E-state index in [9.17, 15) is 0 Å². The highest BCUT2D eigenvalue weighted by Gasteiger charge is 2.42. The maximum atomic E-state index is 2.52. The molecule has 0 radical (unpaired) electrons. The standard InChI is InChI=1S/C66H45N/c1-66(49-25-9-4-10-26-49)59-33-18-17-32-57(59)65-60(66)34-19-35-61(65)67(62-43-48-24-11-12-27-51(48)52-28-13-15-30-55(52)62)50-39-36-44(37-40-50)47-38-41-54-53-29-14-16-31-56(53)63(45-20-5-2-6-21-45)64(58(54)42-47)46-22-7-3-8-23-46/h2-43H,1H3. The Bertz CT molecular complexity index is 3850. The number of hydrogen-bond donors (Lipinski definition) is 0. The number of anilines is 3. The van der Waals surface area contributed by atoms with Crippen molar-refractivity contribution in [3.8, 4) is 44.5 Å². The summed E-state index contributed by atoms with van der Waals surface area (Å²) < 4.78 is 0. The fourth-order valence-corrected chi connectivity index (χ4v) is 11.4. The fourth-order valence-electron chi connectivity index (χ4n) is 11.4. The van der Waals surface area contributed by atoms with Gasteiger partial charge in [0.1, 0.15) is 0 Å². The third-order valence-corrected chi connectivity index (χ3v) is 14.5. The van der Waals surface area contributed by atoms with Crippen LogP contribution in [0.5, 0.6) is 0 Å². The fraction of sp³-hybridized carbons (Fsp3) is 0.0303. The molecular weight excluding hydrogens is 807 g/mol. The SMILES string of the molecule is CC1(c2ccccc2)c2ccccc2-c2c(N(c3ccc(-c4ccc5c(c4)c(-c4ccccc4)c(-c4ccccc4)c4ccccc45)cc3)c3cc4ccccc4c4ccccc34)cccc21. The van der Waals surface area contributed by atoms with Crippen LogP contribution in [-0.4, -0.2) is 0 Å². The van der Waals surface area contributed by atoms with Crippen molar-refractivity contribution < 1.29 is 0 Å². The number of fused-ring (bicyclic) bond motifs is 9. The Hall–Kier alpha value is -8.52. The molecule has 0 N–H and O–H groups in total. The van der Waals surface area contributed by atoms with Crippen molar-refractivity contribution in [1.82, 2.24) is 0 Å². The van der Waals surface area contributed by atoms with E-state index >= 15 is 0 Å². The molecule has 0 aliphatic heterocycles. The molecule has 0 spiro atoms. The highest BCUT2D eigenvalue weighted by Crippen LogP contribution is 2.57. The van der Waals surface area contributed by atoms with Gasteiger partial charge in [-0.2, -0.15) is 0 Å². The normalized spacial score (nSPS) is 14.1. The van der Waals surface area contributed by atoms with Crippen molar-refractivity contribution in [3.05, 3.63) is 271 Å². The first-order chi connectivity index (χ1) is 33.1. The van der Waals surface area contributed by atoms with E-state index in [1.807, 2.05) is 0 Å². The average Bonchev–Trinajstić information content (AvgIpc) is 3.68. The van der Waals surface area contributed by atoms with Gasteiger partial charge in [-0.25, -0.2) is 0 Å². The summed E-state index contributed by atoms with van der Waals surface area (Å²) in [7, 11) is 0. The lowest BCUT2D eigenvalue weighted by molar-refractivity contribution is 0.714. The topological polar surface area (TPSA) is 3.24 Å². The molecule has 1 atom stereocenters. The zero-order valence-corrected chi connectivity index (χ0v) is 37.2. The minimum Gasteiger partial charge on any atom is -0.309 e. The second-order valence-corrected chi connectivity index (χ2v) is 18.1. The Balaban J connectivity index is 1.04. The smallest absolute Gasteiger partial charge is 0.0546 e. The Morgan fingerprint density at radius 3 is 1.54 bits per heavy atom. The highest BCUT2D eigenvalue weighted by molar-refractivity contribution is 6.22. The molecule has 0 heterocycles. The van der Waals surface area contributed by atoms with Crippen molar-refractivity contribution >= 4 is 60.2 Å². The molecule has 12 aromatic carbocycles. The van der Waals surface area contributed by atoms with Gasteiger partial charge >= 0.3 is 0 Å². The van der Waals surface area contributed by atoms with Gasteiger partial charge in [-0.1, -0.05) is 224 Å². The molecule has 67 heavy (non-hydrogen) atoms. The van der Waals surface area contributed by atoms with E-state index in [-0.39, 0.29) is 5.41 Å². The molecule has 0 amide bonds. The van der Waals surface area contributed by atoms with Gasteiger partial charge in [-0.3, -0.25) is 0 Å². The van der Waals surface area contributed by atoms with E-state index in [0.29, 0.717) is 0 Å². The molecule has 12 aromatic rings. The number of hydrogen-bond acceptors (Lipinski definition) is 1. The van der Waals surface area contributed by atoms with Crippen LogP contribution in [0.3, 0.4) is 0 Å². The molecule has 314 valence electrons. The van der Waals surface area contributed by atoms with Crippen LogP contribution in [0.25, 0.3) is 87.6 Å². The lowest BCUT2D eigenvalue weighted by Crippen LogP contribution is -2.22. The first-order valence-corrected chi connectivity index (χ1v) is 23.3. The lowest BCUT2D eigenvalue weighted by atomic mass is 9.74. The van der Waals surface area contributed by atoms with E-state index in [0.717, 1.165) is 17.1 Å². The van der Waals surface area contributed by atoms with Crippen molar-refractivity contribution in [1.29, 1.82) is 0 Å². The highest BCUT2D eigenvalue weighted by atomic mass is 15.1. The molecule has 0 saturated heterocycles. The quantitative estimate of drug-likeness (QED) is 0.144. The number of rotatable bonds is 7. The van der Waals surface area contributed by atoms with Gasteiger partial charge in [-0.05, 0) is 131 Å². The van der Waals surface area contributed by atoms with Crippen molar-refractivity contribution in [2.24, 2.45) is 0 Å². The van der Waals surface area contributed by atoms with Crippen LogP contribution in [-0.2, 0) is 5.41 Å². The maximum Gasteiger partial charge on any atom is 0.0546 e. The van der Waals surface area contributed by atoms with Crippen molar-refractivity contribution in [2.75, 3.05) is 4.90 Å². The van der Waals surface area contributed by atoms with Crippen LogP contribution in [0.4, 0.5) is 17.1 Å². The molecule has 0 fully saturated rings. The summed E-state index contributed by atoms with van der Waals surface area (Å²) >= 11 is 0. The van der Waals surface area contributed by atoms with E-state index in [4.69, 9.17) is 0 Å². The summed E-state index contributed by atoms with van der Waals surface area (Å²) in [6.45, 7) is 2.40. The minimum absolute atomic E-state index is 0.329. The molecular formula is C66H45N. The summed E-state index contributed by atoms with van der Waals surface area (Å²) in [4.78, 5) is 2.52. The Morgan fingerprint density at radius 2 is 0.821 bits per heavy atom. The van der Waals surface area contributed by atoms with Gasteiger partial charge in [0.15, 0.2) is 0 Å². The predicted octanol–water partition coefficient (Wildman–Crippen LogP) is 18.1. The Morgan fingerprint density at radius 1 is 0.299 bits per heavy atom. The molecule has 13 rings (SSSR count). The zero-order chi connectivity index (χ0) is 44.5. The first kappa shape index (κ1) is 38.9. The Kier molecular flexibility index (Phi) is 9.05. The van der Waals surface area contributed by atoms with Crippen LogP contribution < -0.4 is 4.90 Å². The molecule has 0 aromatic heterocycles. The monoisotopic (exact) mass is 851 g/mol. The van der Waals surface area contributed by atoms with Gasteiger partial charge in [0.05, 0.1) is 11.4 Å². The molecule has 1 nitrogen and oxygen atoms in total. The lowest BCUT2D eigenvalue weighted by Gasteiger charge is -2.31. The molecule has 1 heteroatoms. The molecule has 1 unspecified atom stereocenters. The molecule has 0 saturated carbocycles. The summed E-state index contributed by atoms with van der Waals surface area (Å²) in [5.74, 6) is 0. The van der Waals surface area contributed by atoms with Crippen LogP contribution in [0.2, 0.25) is 0 Å². The maximum absolute atomic E-state index is 2.52. The van der Waals surface area contributed by atoms with Gasteiger partial charge in [0.2, 0.25) is 0 Å². The van der Waals surface area contributed by atoms with Crippen LogP contribution in [0, 0.1) is 0 Å². The van der Waals surface area contributed by atoms with Gasteiger partial charge < -0.3 is 4.90 Å².